The van der Waals surface area contributed by atoms with Gasteiger partial charge in [0.1, 0.15) is 10.8 Å². The average molecular weight is 167 g/mol. The van der Waals surface area contributed by atoms with E-state index >= 15 is 0 Å². The molecule has 0 aliphatic rings. The number of hydrogen-bond acceptors (Lipinski definition) is 3. The number of aromatic hydroxyl groups is 1. The van der Waals surface area contributed by atoms with Gasteiger partial charge in [-0.05, 0) is 24.5 Å². The van der Waals surface area contributed by atoms with E-state index in [4.69, 9.17) is 0 Å². The van der Waals surface area contributed by atoms with Crippen LogP contribution in [0, 0.1) is 0 Å². The van der Waals surface area contributed by atoms with Crippen LogP contribution in [0.25, 0.3) is 0 Å². The van der Waals surface area contributed by atoms with Gasteiger partial charge in [-0.1, -0.05) is 17.8 Å². The number of pyridine rings is 1. The molecule has 0 aromatic carbocycles. The summed E-state index contributed by atoms with van der Waals surface area (Å²) in [6.45, 7) is 1.92. The molecule has 0 saturated heterocycles. The fraction of sp³-hybridized carbons (Fsp3) is 0.125. The second-order valence-electron chi connectivity index (χ2n) is 1.91. The summed E-state index contributed by atoms with van der Waals surface area (Å²) in [5.41, 5.74) is 0. The summed E-state index contributed by atoms with van der Waals surface area (Å²) in [4.78, 5) is 3.98. The van der Waals surface area contributed by atoms with Gasteiger partial charge in [0, 0.05) is 6.20 Å². The van der Waals surface area contributed by atoms with Crippen LogP contribution < -0.4 is 0 Å². The van der Waals surface area contributed by atoms with Crippen molar-refractivity contribution in [3.05, 3.63) is 29.8 Å². The number of rotatable bonds is 2. The SMILES string of the molecule is CC=CSc1ncccc1O. The molecule has 1 heterocycles. The first kappa shape index (κ1) is 8.14. The largest absolute Gasteiger partial charge is 0.505 e. The summed E-state index contributed by atoms with van der Waals surface area (Å²) >= 11 is 1.41. The lowest BCUT2D eigenvalue weighted by molar-refractivity contribution is 0.457. The molecule has 0 aliphatic carbocycles. The van der Waals surface area contributed by atoms with E-state index in [-0.39, 0.29) is 5.75 Å². The summed E-state index contributed by atoms with van der Waals surface area (Å²) in [5.74, 6) is 0.232. The van der Waals surface area contributed by atoms with Gasteiger partial charge >= 0.3 is 0 Å². The molecule has 0 saturated carbocycles. The van der Waals surface area contributed by atoms with E-state index < -0.39 is 0 Å². The minimum atomic E-state index is 0.232. The first-order chi connectivity index (χ1) is 5.34. The lowest BCUT2D eigenvalue weighted by Gasteiger charge is -1.96. The van der Waals surface area contributed by atoms with Crippen molar-refractivity contribution in [2.45, 2.75) is 11.9 Å². The van der Waals surface area contributed by atoms with Crippen LogP contribution in [0.5, 0.6) is 5.75 Å². The van der Waals surface area contributed by atoms with Crippen LogP contribution in [-0.4, -0.2) is 10.1 Å². The van der Waals surface area contributed by atoms with E-state index in [0.29, 0.717) is 5.03 Å². The van der Waals surface area contributed by atoms with Crippen LogP contribution in [0.3, 0.4) is 0 Å². The van der Waals surface area contributed by atoms with Crippen LogP contribution in [0.1, 0.15) is 6.92 Å². The Morgan fingerprint density at radius 1 is 1.64 bits per heavy atom. The molecule has 0 radical (unpaired) electrons. The zero-order chi connectivity index (χ0) is 8.10. The molecule has 1 aromatic heterocycles. The molecule has 58 valence electrons. The molecule has 0 fully saturated rings. The quantitative estimate of drug-likeness (QED) is 0.687. The molecule has 1 N–H and O–H groups in total. The highest BCUT2D eigenvalue weighted by Gasteiger charge is 1.97. The van der Waals surface area contributed by atoms with Crippen molar-refractivity contribution < 1.29 is 5.11 Å². The molecule has 0 atom stereocenters. The molecule has 3 heteroatoms. The maximum Gasteiger partial charge on any atom is 0.148 e. The van der Waals surface area contributed by atoms with Crippen molar-refractivity contribution in [2.24, 2.45) is 0 Å². The monoisotopic (exact) mass is 167 g/mol. The Labute approximate surface area is 70.0 Å². The molecule has 2 nitrogen and oxygen atoms in total. The number of hydrogen-bond donors (Lipinski definition) is 1. The fourth-order valence-electron chi connectivity index (χ4n) is 0.606. The van der Waals surface area contributed by atoms with E-state index in [0.717, 1.165) is 0 Å². The molecule has 0 bridgehead atoms. The summed E-state index contributed by atoms with van der Waals surface area (Å²) in [5, 5.41) is 11.7. The van der Waals surface area contributed by atoms with Gasteiger partial charge in [-0.3, -0.25) is 0 Å². The van der Waals surface area contributed by atoms with Crippen molar-refractivity contribution in [2.75, 3.05) is 0 Å². The summed E-state index contributed by atoms with van der Waals surface area (Å²) in [7, 11) is 0. The highest BCUT2D eigenvalue weighted by atomic mass is 32.2. The molecule has 0 unspecified atom stereocenters. The fourth-order valence-corrected chi connectivity index (χ4v) is 1.18. The van der Waals surface area contributed by atoms with E-state index in [1.54, 1.807) is 18.3 Å². The first-order valence-corrected chi connectivity index (χ1v) is 4.14. The Morgan fingerprint density at radius 3 is 3.09 bits per heavy atom. The number of nitrogens with zero attached hydrogens (tertiary/aromatic N) is 1. The smallest absolute Gasteiger partial charge is 0.148 e. The van der Waals surface area contributed by atoms with Gasteiger partial charge in [0.15, 0.2) is 0 Å². The molecular weight excluding hydrogens is 158 g/mol. The maximum absolute atomic E-state index is 9.22. The lowest BCUT2D eigenvalue weighted by Crippen LogP contribution is -1.75. The molecule has 1 aromatic rings. The Hall–Kier alpha value is -0.960. The molecule has 0 spiro atoms. The van der Waals surface area contributed by atoms with Crippen molar-refractivity contribution in [1.82, 2.24) is 4.98 Å². The zero-order valence-electron chi connectivity index (χ0n) is 6.19. The van der Waals surface area contributed by atoms with Crippen molar-refractivity contribution in [3.8, 4) is 5.75 Å². The Balaban J connectivity index is 2.77. The van der Waals surface area contributed by atoms with Gasteiger partial charge < -0.3 is 5.11 Å². The molecule has 0 aliphatic heterocycles. The standard InChI is InChI=1S/C8H9NOS/c1-2-6-11-8-7(10)4-3-5-9-8/h2-6,10H,1H3. The third kappa shape index (κ3) is 2.27. The summed E-state index contributed by atoms with van der Waals surface area (Å²) in [6, 6.07) is 3.33. The van der Waals surface area contributed by atoms with Crippen LogP contribution in [0.4, 0.5) is 0 Å². The van der Waals surface area contributed by atoms with E-state index in [9.17, 15) is 5.11 Å². The minimum absolute atomic E-state index is 0.232. The minimum Gasteiger partial charge on any atom is -0.505 e. The lowest BCUT2D eigenvalue weighted by atomic mass is 10.5. The Morgan fingerprint density at radius 2 is 2.45 bits per heavy atom. The third-order valence-corrected chi connectivity index (χ3v) is 2.01. The van der Waals surface area contributed by atoms with Gasteiger partial charge in [0.25, 0.3) is 0 Å². The van der Waals surface area contributed by atoms with Gasteiger partial charge in [-0.15, -0.1) is 0 Å². The van der Waals surface area contributed by atoms with Crippen molar-refractivity contribution in [1.29, 1.82) is 0 Å². The van der Waals surface area contributed by atoms with Gasteiger partial charge in [0.05, 0.1) is 0 Å². The van der Waals surface area contributed by atoms with E-state index in [1.807, 2.05) is 18.4 Å². The number of allylic oxidation sites excluding steroid dienone is 1. The van der Waals surface area contributed by atoms with Gasteiger partial charge in [-0.2, -0.15) is 0 Å². The van der Waals surface area contributed by atoms with E-state index in [1.165, 1.54) is 11.8 Å². The van der Waals surface area contributed by atoms with Crippen LogP contribution in [0.15, 0.2) is 34.8 Å². The van der Waals surface area contributed by atoms with Crippen LogP contribution >= 0.6 is 11.8 Å². The van der Waals surface area contributed by atoms with Gasteiger partial charge in [-0.25, -0.2) is 4.98 Å². The first-order valence-electron chi connectivity index (χ1n) is 3.26. The highest BCUT2D eigenvalue weighted by molar-refractivity contribution is 8.02. The summed E-state index contributed by atoms with van der Waals surface area (Å²) in [6.07, 6.45) is 3.56. The number of aromatic nitrogens is 1. The zero-order valence-corrected chi connectivity index (χ0v) is 7.01. The number of thioether (sulfide) groups is 1. The molecule has 11 heavy (non-hydrogen) atoms. The second-order valence-corrected chi connectivity index (χ2v) is 2.81. The predicted molar refractivity (Wildman–Crippen MR) is 46.6 cm³/mol. The van der Waals surface area contributed by atoms with Crippen molar-refractivity contribution >= 4 is 11.8 Å². The van der Waals surface area contributed by atoms with E-state index in [2.05, 4.69) is 4.98 Å². The molecule has 1 rings (SSSR count). The molecular formula is C8H9NOS. The Kier molecular flexibility index (Phi) is 2.98. The summed E-state index contributed by atoms with van der Waals surface area (Å²) < 4.78 is 0. The molecule has 0 amide bonds. The normalized spacial score (nSPS) is 10.6. The predicted octanol–water partition coefficient (Wildman–Crippen LogP) is 2.41. The maximum atomic E-state index is 9.22. The van der Waals surface area contributed by atoms with Crippen LogP contribution in [-0.2, 0) is 0 Å². The second kappa shape index (κ2) is 4.03. The van der Waals surface area contributed by atoms with Gasteiger partial charge in [0.2, 0.25) is 0 Å². The Bertz CT molecular complexity index is 260. The average Bonchev–Trinajstić information content (AvgIpc) is 2.03. The van der Waals surface area contributed by atoms with Crippen LogP contribution in [0.2, 0.25) is 0 Å². The highest BCUT2D eigenvalue weighted by Crippen LogP contribution is 2.25. The topological polar surface area (TPSA) is 33.1 Å². The third-order valence-electron chi connectivity index (χ3n) is 1.07. The van der Waals surface area contributed by atoms with Crippen molar-refractivity contribution in [3.63, 3.8) is 0 Å².